The fraction of sp³-hybridized carbons (Fsp3) is 0.500. The topological polar surface area (TPSA) is 52.6 Å². The van der Waals surface area contributed by atoms with E-state index in [0.717, 1.165) is 0 Å². The van der Waals surface area contributed by atoms with Crippen molar-refractivity contribution >= 4 is 11.9 Å². The van der Waals surface area contributed by atoms with Gasteiger partial charge in [-0.15, -0.1) is 0 Å². The lowest BCUT2D eigenvalue weighted by atomic mass is 9.71. The largest absolute Gasteiger partial charge is 0.457 e. The maximum atomic E-state index is 11.7. The zero-order valence-corrected chi connectivity index (χ0v) is 8.41. The predicted octanol–water partition coefficient (Wildman–Crippen LogP) is 0.442. The summed E-state index contributed by atoms with van der Waals surface area (Å²) in [7, 11) is 0. The van der Waals surface area contributed by atoms with E-state index in [1.54, 1.807) is 12.2 Å². The molecule has 4 rings (SSSR count). The molecule has 4 unspecified atom stereocenters. The molecule has 0 amide bonds. The quantitative estimate of drug-likeness (QED) is 0.437. The first-order valence-electron chi connectivity index (χ1n) is 5.53. The van der Waals surface area contributed by atoms with Gasteiger partial charge in [0.15, 0.2) is 0 Å². The fourth-order valence-electron chi connectivity index (χ4n) is 3.43. The van der Waals surface area contributed by atoms with Crippen LogP contribution in [0.25, 0.3) is 0 Å². The highest BCUT2D eigenvalue weighted by Gasteiger charge is 2.59. The number of carbonyl (C=O) groups excluding carboxylic acids is 2. The summed E-state index contributed by atoms with van der Waals surface area (Å²) in [6.07, 6.45) is 6.89. The Hall–Kier alpha value is -1.58. The van der Waals surface area contributed by atoms with Gasteiger partial charge >= 0.3 is 11.9 Å². The monoisotopic (exact) mass is 218 g/mol. The summed E-state index contributed by atoms with van der Waals surface area (Å²) in [4.78, 5) is 23.5. The Labute approximate surface area is 91.9 Å². The molecule has 4 heteroatoms. The Balaban J connectivity index is 1.83. The Kier molecular flexibility index (Phi) is 1.37. The number of esters is 2. The summed E-state index contributed by atoms with van der Waals surface area (Å²) >= 11 is 0. The third-order valence-corrected chi connectivity index (χ3v) is 4.10. The molecule has 0 bridgehead atoms. The van der Waals surface area contributed by atoms with Crippen LogP contribution in [0.15, 0.2) is 24.3 Å². The summed E-state index contributed by atoms with van der Waals surface area (Å²) in [5.74, 6) is -0.731. The minimum absolute atomic E-state index is 0.0486. The molecular formula is C12H10O4. The molecule has 4 atom stereocenters. The maximum absolute atomic E-state index is 11.7. The smallest absolute Gasteiger partial charge is 0.313 e. The number of hydrogen-bond acceptors (Lipinski definition) is 4. The average Bonchev–Trinajstić information content (AvgIpc) is 2.81. The van der Waals surface area contributed by atoms with Gasteiger partial charge in [-0.1, -0.05) is 12.2 Å². The normalized spacial score (nSPS) is 51.2. The molecule has 82 valence electrons. The van der Waals surface area contributed by atoms with Crippen LogP contribution in [0.4, 0.5) is 0 Å². The molecule has 0 N–H and O–H groups in total. The summed E-state index contributed by atoms with van der Waals surface area (Å²) in [6.45, 7) is 0. The van der Waals surface area contributed by atoms with Crippen molar-refractivity contribution in [3.05, 3.63) is 24.3 Å². The molecule has 4 aliphatic rings. The van der Waals surface area contributed by atoms with Gasteiger partial charge in [0.05, 0.1) is 11.8 Å². The van der Waals surface area contributed by atoms with Gasteiger partial charge in [0.1, 0.15) is 12.2 Å². The van der Waals surface area contributed by atoms with Crippen molar-refractivity contribution in [3.8, 4) is 0 Å². The third kappa shape index (κ3) is 0.821. The van der Waals surface area contributed by atoms with Crippen molar-refractivity contribution in [1.82, 2.24) is 0 Å². The van der Waals surface area contributed by atoms with Crippen molar-refractivity contribution in [2.45, 2.75) is 12.2 Å². The highest BCUT2D eigenvalue weighted by atomic mass is 16.6. The molecule has 4 nitrogen and oxygen atoms in total. The van der Waals surface area contributed by atoms with E-state index >= 15 is 0 Å². The van der Waals surface area contributed by atoms with E-state index in [9.17, 15) is 9.59 Å². The minimum Gasteiger partial charge on any atom is -0.457 e. The van der Waals surface area contributed by atoms with Gasteiger partial charge in [-0.25, -0.2) is 0 Å². The molecule has 0 aromatic heterocycles. The predicted molar refractivity (Wildman–Crippen MR) is 52.0 cm³/mol. The van der Waals surface area contributed by atoms with E-state index in [0.29, 0.717) is 0 Å². The number of ether oxygens (including phenoxy) is 2. The van der Waals surface area contributed by atoms with Crippen LogP contribution in [-0.4, -0.2) is 24.1 Å². The van der Waals surface area contributed by atoms with E-state index in [1.807, 2.05) is 12.2 Å². The minimum atomic E-state index is -0.249. The van der Waals surface area contributed by atoms with Crippen molar-refractivity contribution in [1.29, 1.82) is 0 Å². The molecule has 2 heterocycles. The number of carbonyl (C=O) groups is 2. The second kappa shape index (κ2) is 2.56. The molecule has 2 saturated heterocycles. The summed E-state index contributed by atoms with van der Waals surface area (Å²) in [5, 5.41) is 0. The van der Waals surface area contributed by atoms with E-state index < -0.39 is 0 Å². The molecule has 0 aromatic rings. The van der Waals surface area contributed by atoms with E-state index in [2.05, 4.69) is 0 Å². The van der Waals surface area contributed by atoms with E-state index in [1.165, 1.54) is 0 Å². The third-order valence-electron chi connectivity index (χ3n) is 4.10. The van der Waals surface area contributed by atoms with Crippen molar-refractivity contribution in [2.24, 2.45) is 23.7 Å². The highest BCUT2D eigenvalue weighted by molar-refractivity contribution is 5.84. The van der Waals surface area contributed by atoms with Gasteiger partial charge < -0.3 is 9.47 Å². The van der Waals surface area contributed by atoms with Crippen LogP contribution in [0.3, 0.4) is 0 Å². The van der Waals surface area contributed by atoms with E-state index in [-0.39, 0.29) is 47.8 Å². The SMILES string of the molecule is O=C1OC2C=CC3OC(=O)C4C=CC1C4C23. The second-order valence-electron chi connectivity index (χ2n) is 4.78. The van der Waals surface area contributed by atoms with Gasteiger partial charge in [-0.3, -0.25) is 9.59 Å². The van der Waals surface area contributed by atoms with Crippen molar-refractivity contribution < 1.29 is 19.1 Å². The van der Waals surface area contributed by atoms with Crippen LogP contribution < -0.4 is 0 Å². The molecule has 0 spiro atoms. The van der Waals surface area contributed by atoms with Crippen molar-refractivity contribution in [2.75, 3.05) is 0 Å². The second-order valence-corrected chi connectivity index (χ2v) is 4.78. The van der Waals surface area contributed by atoms with Gasteiger partial charge in [-0.05, 0) is 12.2 Å². The summed E-state index contributed by atoms with van der Waals surface area (Å²) in [6, 6.07) is 0. The first kappa shape index (κ1) is 8.56. The van der Waals surface area contributed by atoms with Gasteiger partial charge in [0, 0.05) is 11.8 Å². The summed E-state index contributed by atoms with van der Waals surface area (Å²) in [5.41, 5.74) is 0. The first-order valence-corrected chi connectivity index (χ1v) is 5.53. The van der Waals surface area contributed by atoms with E-state index in [4.69, 9.17) is 9.47 Å². The molecule has 2 aliphatic heterocycles. The first-order chi connectivity index (χ1) is 7.75. The molecule has 0 aromatic carbocycles. The Morgan fingerprint density at radius 2 is 1.25 bits per heavy atom. The van der Waals surface area contributed by atoms with Crippen LogP contribution in [-0.2, 0) is 19.1 Å². The lowest BCUT2D eigenvalue weighted by Gasteiger charge is -2.42. The zero-order chi connectivity index (χ0) is 10.9. The number of rotatable bonds is 0. The van der Waals surface area contributed by atoms with Crippen LogP contribution in [0.5, 0.6) is 0 Å². The maximum Gasteiger partial charge on any atom is 0.313 e. The lowest BCUT2D eigenvalue weighted by Crippen LogP contribution is -2.52. The van der Waals surface area contributed by atoms with Crippen LogP contribution in [0.1, 0.15) is 0 Å². The Morgan fingerprint density at radius 3 is 1.75 bits per heavy atom. The molecular weight excluding hydrogens is 208 g/mol. The lowest BCUT2D eigenvalue weighted by molar-refractivity contribution is -0.187. The molecule has 0 saturated carbocycles. The Morgan fingerprint density at radius 1 is 0.750 bits per heavy atom. The average molecular weight is 218 g/mol. The Bertz CT molecular complexity index is 412. The number of hydrogen-bond donors (Lipinski definition) is 0. The standard InChI is InChI=1S/C12H10O4/c13-11-5-1-2-6-9(5)10-7(15-11)3-4-8(10)16-12(6)14/h1-10H. The highest BCUT2D eigenvalue weighted by Crippen LogP contribution is 2.50. The molecule has 2 aliphatic carbocycles. The van der Waals surface area contributed by atoms with Gasteiger partial charge in [0.25, 0.3) is 0 Å². The zero-order valence-electron chi connectivity index (χ0n) is 8.41. The van der Waals surface area contributed by atoms with Crippen LogP contribution in [0, 0.1) is 23.7 Å². The molecule has 2 fully saturated rings. The van der Waals surface area contributed by atoms with Gasteiger partial charge in [-0.2, -0.15) is 0 Å². The van der Waals surface area contributed by atoms with Crippen LogP contribution >= 0.6 is 0 Å². The van der Waals surface area contributed by atoms with Crippen molar-refractivity contribution in [3.63, 3.8) is 0 Å². The molecule has 16 heavy (non-hydrogen) atoms. The molecule has 0 radical (unpaired) electrons. The fourth-order valence-corrected chi connectivity index (χ4v) is 3.43. The van der Waals surface area contributed by atoms with Crippen LogP contribution in [0.2, 0.25) is 0 Å². The van der Waals surface area contributed by atoms with Gasteiger partial charge in [0.2, 0.25) is 0 Å². The summed E-state index contributed by atoms with van der Waals surface area (Å²) < 4.78 is 10.7.